The third-order valence-electron chi connectivity index (χ3n) is 12.1. The Bertz CT molecular complexity index is 1430. The van der Waals surface area contributed by atoms with Gasteiger partial charge < -0.3 is 24.6 Å². The first-order chi connectivity index (χ1) is 26.4. The van der Waals surface area contributed by atoms with Crippen LogP contribution in [0.4, 0.5) is 0 Å². The molecule has 1 aromatic rings. The highest BCUT2D eigenvalue weighted by molar-refractivity contribution is 5.90. The Hall–Kier alpha value is -3.51. The van der Waals surface area contributed by atoms with Crippen molar-refractivity contribution in [1.29, 1.82) is 0 Å². The quantitative estimate of drug-likeness (QED) is 0.0709. The Morgan fingerprint density at radius 3 is 2.12 bits per heavy atom. The number of hydrogen-bond acceptors (Lipinski definition) is 8. The molecule has 13 nitrogen and oxygen atoms in total. The molecule has 0 spiro atoms. The Morgan fingerprint density at radius 2 is 1.61 bits per heavy atom. The fourth-order valence-corrected chi connectivity index (χ4v) is 8.43. The van der Waals surface area contributed by atoms with Crippen LogP contribution in [0.3, 0.4) is 0 Å². The molecule has 0 saturated carbocycles. The van der Waals surface area contributed by atoms with E-state index in [0.717, 1.165) is 18.4 Å². The molecule has 0 unspecified atom stereocenters. The van der Waals surface area contributed by atoms with E-state index in [1.165, 1.54) is 0 Å². The number of likely N-dealkylation sites (N-methyl/N-ethyl adjacent to an activating group) is 2. The van der Waals surface area contributed by atoms with Crippen molar-refractivity contribution in [3.8, 4) is 0 Å². The topological polar surface area (TPSA) is 157 Å². The first-order valence-corrected chi connectivity index (χ1v) is 20.7. The van der Waals surface area contributed by atoms with E-state index in [9.17, 15) is 19.2 Å². The van der Waals surface area contributed by atoms with Crippen molar-refractivity contribution >= 4 is 23.5 Å². The lowest BCUT2D eigenvalue weighted by atomic mass is 9.83. The Morgan fingerprint density at radius 1 is 0.964 bits per heavy atom. The highest BCUT2D eigenvalue weighted by Crippen LogP contribution is 2.31. The number of rotatable bonds is 24. The Balaban J connectivity index is 2.29. The number of carbonyl (C=O) groups is 4. The van der Waals surface area contributed by atoms with Gasteiger partial charge in [0.2, 0.25) is 17.7 Å². The molecule has 56 heavy (non-hydrogen) atoms. The third kappa shape index (κ3) is 13.3. The highest BCUT2D eigenvalue weighted by atomic mass is 16.5. The molecule has 0 aliphatic carbocycles. The molecule has 316 valence electrons. The van der Waals surface area contributed by atoms with E-state index in [-0.39, 0.29) is 78.8 Å². The largest absolute Gasteiger partial charge is 0.379 e. The average molecular weight is 784 g/mol. The minimum Gasteiger partial charge on any atom is -0.379 e. The van der Waals surface area contributed by atoms with Crippen molar-refractivity contribution < 1.29 is 28.7 Å². The van der Waals surface area contributed by atoms with Gasteiger partial charge >= 0.3 is 0 Å². The summed E-state index contributed by atoms with van der Waals surface area (Å²) < 4.78 is 12.0. The molecule has 1 aliphatic heterocycles. The molecular weight excluding hydrogens is 711 g/mol. The summed E-state index contributed by atoms with van der Waals surface area (Å²) in [6.45, 7) is 18.8. The van der Waals surface area contributed by atoms with Crippen molar-refractivity contribution in [1.82, 2.24) is 20.0 Å². The number of methoxy groups -OCH3 is 2. The van der Waals surface area contributed by atoms with Crippen LogP contribution in [-0.2, 0) is 35.1 Å². The van der Waals surface area contributed by atoms with Gasteiger partial charge in [0, 0.05) is 63.7 Å². The third-order valence-corrected chi connectivity index (χ3v) is 12.1. The van der Waals surface area contributed by atoms with Gasteiger partial charge in [-0.3, -0.25) is 24.1 Å². The van der Waals surface area contributed by atoms with Gasteiger partial charge in [0.25, 0.3) is 0 Å². The molecule has 3 amide bonds. The first-order valence-electron chi connectivity index (χ1n) is 20.7. The minimum absolute atomic E-state index is 0.000262. The van der Waals surface area contributed by atoms with Crippen LogP contribution in [0.2, 0.25) is 0 Å². The molecule has 1 heterocycles. The predicted molar refractivity (Wildman–Crippen MR) is 222 cm³/mol. The molecule has 0 radical (unpaired) electrons. The smallest absolute Gasteiger partial charge is 0.226 e. The Labute approximate surface area is 337 Å². The number of azide groups is 1. The van der Waals surface area contributed by atoms with E-state index < -0.39 is 36.1 Å². The standard InChI is InChI=1S/C43H73N7O6/c1-14-30(8)40(49(11)43(54)34(27(2)3)24-36(51)39(28(4)5)48(10)29(6)7)37(55-12)25-38(52)50-22-18-21-35(50)41(56-13)31(9)42(53)46-33(26-45-47-44)23-32-19-16-15-17-20-32/h15-17,19-20,27-31,33-35,37,39-41H,14,18,21-26H2,1-13H3,(H,46,53)/t30-,31+,33-,34-,35-,37+,39-,40-,41+/m0/s1. The van der Waals surface area contributed by atoms with Gasteiger partial charge in [-0.25, -0.2) is 0 Å². The molecule has 0 bridgehead atoms. The number of nitrogens with one attached hydrogen (secondary N) is 1. The molecule has 2 rings (SSSR count). The van der Waals surface area contributed by atoms with E-state index in [4.69, 9.17) is 15.0 Å². The number of ketones is 1. The number of amides is 3. The molecule has 1 aliphatic rings. The first kappa shape index (κ1) is 48.6. The number of benzene rings is 1. The summed E-state index contributed by atoms with van der Waals surface area (Å²) in [6, 6.07) is 8.41. The zero-order valence-electron chi connectivity index (χ0n) is 36.6. The second-order valence-electron chi connectivity index (χ2n) is 16.9. The van der Waals surface area contributed by atoms with Crippen molar-refractivity contribution in [2.24, 2.45) is 34.7 Å². The van der Waals surface area contributed by atoms with Crippen LogP contribution in [0.25, 0.3) is 10.4 Å². The predicted octanol–water partition coefficient (Wildman–Crippen LogP) is 6.54. The summed E-state index contributed by atoms with van der Waals surface area (Å²) in [7, 11) is 6.89. The lowest BCUT2D eigenvalue weighted by Gasteiger charge is -2.41. The van der Waals surface area contributed by atoms with Crippen LogP contribution in [0.15, 0.2) is 35.4 Å². The van der Waals surface area contributed by atoms with E-state index in [2.05, 4.69) is 47.9 Å². The van der Waals surface area contributed by atoms with Gasteiger partial charge in [-0.05, 0) is 69.0 Å². The summed E-state index contributed by atoms with van der Waals surface area (Å²) in [6.07, 6.45) is 1.69. The molecule has 13 heteroatoms. The van der Waals surface area contributed by atoms with Crippen molar-refractivity contribution in [2.75, 3.05) is 41.4 Å². The zero-order valence-corrected chi connectivity index (χ0v) is 36.6. The van der Waals surface area contributed by atoms with Gasteiger partial charge in [-0.15, -0.1) is 0 Å². The van der Waals surface area contributed by atoms with Crippen LogP contribution in [0.1, 0.15) is 100.0 Å². The van der Waals surface area contributed by atoms with Gasteiger partial charge in [0.1, 0.15) is 0 Å². The summed E-state index contributed by atoms with van der Waals surface area (Å²) in [5, 5.41) is 6.80. The maximum atomic E-state index is 14.4. The fraction of sp³-hybridized carbons (Fsp3) is 0.767. The maximum Gasteiger partial charge on any atom is 0.226 e. The number of likely N-dealkylation sites (tertiary alicyclic amines) is 1. The number of carbonyl (C=O) groups excluding carboxylic acids is 4. The normalized spacial score (nSPS) is 18.9. The number of ether oxygens (including phenoxy) is 2. The molecule has 1 fully saturated rings. The monoisotopic (exact) mass is 784 g/mol. The van der Waals surface area contributed by atoms with Gasteiger partial charge in [-0.2, -0.15) is 0 Å². The second kappa shape index (κ2) is 23.7. The fourth-order valence-electron chi connectivity index (χ4n) is 8.43. The van der Waals surface area contributed by atoms with Crippen LogP contribution < -0.4 is 5.32 Å². The van der Waals surface area contributed by atoms with Crippen LogP contribution in [0.5, 0.6) is 0 Å². The van der Waals surface area contributed by atoms with Gasteiger partial charge in [-0.1, -0.05) is 90.3 Å². The summed E-state index contributed by atoms with van der Waals surface area (Å²) in [5.74, 6) is -1.53. The number of nitrogens with zero attached hydrogens (tertiary/aromatic N) is 6. The number of hydrogen-bond donors (Lipinski definition) is 1. The van der Waals surface area contributed by atoms with E-state index in [1.54, 1.807) is 33.1 Å². The summed E-state index contributed by atoms with van der Waals surface area (Å²) >= 11 is 0. The molecule has 1 saturated heterocycles. The summed E-state index contributed by atoms with van der Waals surface area (Å²) in [5.41, 5.74) is 9.99. The van der Waals surface area contributed by atoms with Gasteiger partial charge in [0.15, 0.2) is 5.78 Å². The van der Waals surface area contributed by atoms with Crippen molar-refractivity contribution in [3.63, 3.8) is 0 Å². The summed E-state index contributed by atoms with van der Waals surface area (Å²) in [4.78, 5) is 64.8. The highest BCUT2D eigenvalue weighted by Gasteiger charge is 2.43. The lowest BCUT2D eigenvalue weighted by molar-refractivity contribution is -0.149. The van der Waals surface area contributed by atoms with Crippen LogP contribution in [0, 0.1) is 29.6 Å². The van der Waals surface area contributed by atoms with E-state index in [1.807, 2.05) is 70.0 Å². The maximum absolute atomic E-state index is 14.4. The number of Topliss-reactive ketones (excluding diaryl/α,β-unsaturated/α-hetero) is 1. The van der Waals surface area contributed by atoms with Crippen molar-refractivity contribution in [3.05, 3.63) is 46.3 Å². The van der Waals surface area contributed by atoms with Gasteiger partial charge in [0.05, 0.1) is 42.7 Å². The lowest BCUT2D eigenvalue weighted by Crippen LogP contribution is -2.55. The van der Waals surface area contributed by atoms with Crippen LogP contribution >= 0.6 is 0 Å². The molecule has 1 N–H and O–H groups in total. The molecular formula is C43H73N7O6. The van der Waals surface area contributed by atoms with E-state index in [0.29, 0.717) is 19.4 Å². The minimum atomic E-state index is -0.608. The molecule has 9 atom stereocenters. The van der Waals surface area contributed by atoms with Crippen LogP contribution in [-0.4, -0.2) is 122 Å². The molecule has 0 aromatic heterocycles. The average Bonchev–Trinajstić information content (AvgIpc) is 3.65. The second-order valence-corrected chi connectivity index (χ2v) is 16.9. The zero-order chi connectivity index (χ0) is 42.3. The van der Waals surface area contributed by atoms with Crippen molar-refractivity contribution in [2.45, 2.75) is 143 Å². The molecule has 1 aromatic carbocycles. The Kier molecular flexibility index (Phi) is 20.5. The van der Waals surface area contributed by atoms with E-state index >= 15 is 0 Å². The SMILES string of the molecule is CC[C@H](C)[C@@H]([C@@H](CC(=O)N1CCC[C@H]1[C@H](OC)[C@@H](C)C(=O)N[C@H](CN=[N+]=[N-])Cc1ccccc1)OC)N(C)C(=O)[C@@H](CC(=O)[C@H](C(C)C)N(C)C(C)C)C(C)C.